The Labute approximate surface area is 134 Å². The maximum atomic E-state index is 6.03. The molecule has 1 unspecified atom stereocenters. The molecule has 120 valence electrons. The maximum absolute atomic E-state index is 6.03. The predicted molar refractivity (Wildman–Crippen MR) is 91.9 cm³/mol. The number of nitrogens with one attached hydrogen (secondary N) is 1. The van der Waals surface area contributed by atoms with Crippen LogP contribution in [0.2, 0.25) is 0 Å². The van der Waals surface area contributed by atoms with E-state index in [1.165, 1.54) is 60.3 Å². The third-order valence-electron chi connectivity index (χ3n) is 4.20. The normalized spacial score (nSPS) is 16.3. The number of rotatable bonds is 11. The van der Waals surface area contributed by atoms with E-state index < -0.39 is 0 Å². The molecule has 0 bridgehead atoms. The van der Waals surface area contributed by atoms with Gasteiger partial charge in [-0.25, -0.2) is 0 Å². The van der Waals surface area contributed by atoms with Crippen LogP contribution < -0.4 is 5.32 Å². The molecule has 0 radical (unpaired) electrons. The molecule has 0 saturated heterocycles. The van der Waals surface area contributed by atoms with Gasteiger partial charge in [0.15, 0.2) is 0 Å². The lowest BCUT2D eigenvalue weighted by molar-refractivity contribution is 0.0458. The molecule has 1 atom stereocenters. The molecule has 0 aliphatic heterocycles. The van der Waals surface area contributed by atoms with Crippen LogP contribution in [-0.4, -0.2) is 12.1 Å². The van der Waals surface area contributed by atoms with Gasteiger partial charge >= 0.3 is 0 Å². The van der Waals surface area contributed by atoms with Gasteiger partial charge in [0.25, 0.3) is 0 Å². The molecule has 1 aromatic rings. The summed E-state index contributed by atoms with van der Waals surface area (Å²) in [5.41, 5.74) is 1.38. The van der Waals surface area contributed by atoms with Crippen LogP contribution in [0.15, 0.2) is 6.07 Å². The lowest BCUT2D eigenvalue weighted by Gasteiger charge is -2.12. The van der Waals surface area contributed by atoms with Crippen molar-refractivity contribution in [1.82, 2.24) is 5.32 Å². The van der Waals surface area contributed by atoms with Gasteiger partial charge in [-0.05, 0) is 44.7 Å². The van der Waals surface area contributed by atoms with E-state index in [9.17, 15) is 0 Å². The molecule has 21 heavy (non-hydrogen) atoms. The zero-order chi connectivity index (χ0) is 15.1. The van der Waals surface area contributed by atoms with Crippen LogP contribution in [0.1, 0.15) is 74.1 Å². The van der Waals surface area contributed by atoms with Crippen molar-refractivity contribution in [3.05, 3.63) is 21.4 Å². The lowest BCUT2D eigenvalue weighted by atomic mass is 10.1. The highest BCUT2D eigenvalue weighted by molar-refractivity contribution is 7.12. The van der Waals surface area contributed by atoms with E-state index in [-0.39, 0.29) is 0 Å². The summed E-state index contributed by atoms with van der Waals surface area (Å²) in [6, 6.07) is 3.12. The molecule has 3 heteroatoms. The number of hydrogen-bond donors (Lipinski definition) is 1. The average Bonchev–Trinajstić information content (AvgIpc) is 3.23. The zero-order valence-electron chi connectivity index (χ0n) is 13.9. The van der Waals surface area contributed by atoms with Crippen molar-refractivity contribution in [3.8, 4) is 0 Å². The molecule has 0 amide bonds. The first kappa shape index (κ1) is 17.0. The number of aryl methyl sites for hydroxylation is 1. The second-order valence-corrected chi connectivity index (χ2v) is 7.76. The highest BCUT2D eigenvalue weighted by Crippen LogP contribution is 2.25. The molecule has 1 aromatic heterocycles. The average molecular weight is 310 g/mol. The molecular formula is C18H31NOS. The molecule has 2 rings (SSSR count). The Morgan fingerprint density at radius 3 is 2.86 bits per heavy atom. The van der Waals surface area contributed by atoms with Crippen molar-refractivity contribution in [1.29, 1.82) is 0 Å². The Balaban J connectivity index is 1.66. The number of ether oxygens (including phenoxy) is 1. The third kappa shape index (κ3) is 6.50. The fraction of sp³-hybridized carbons (Fsp3) is 0.778. The summed E-state index contributed by atoms with van der Waals surface area (Å²) in [5.74, 6) is 0. The van der Waals surface area contributed by atoms with E-state index in [4.69, 9.17) is 4.74 Å². The molecule has 1 aliphatic rings. The minimum Gasteiger partial charge on any atom is -0.374 e. The van der Waals surface area contributed by atoms with Gasteiger partial charge in [0.05, 0.1) is 12.7 Å². The van der Waals surface area contributed by atoms with Crippen LogP contribution in [0.5, 0.6) is 0 Å². The first-order valence-corrected chi connectivity index (χ1v) is 9.44. The molecule has 1 fully saturated rings. The largest absolute Gasteiger partial charge is 0.374 e. The second-order valence-electron chi connectivity index (χ2n) is 6.42. The Morgan fingerprint density at radius 1 is 1.33 bits per heavy atom. The first-order chi connectivity index (χ1) is 10.2. The monoisotopic (exact) mass is 309 g/mol. The Hall–Kier alpha value is -0.380. The molecule has 0 aromatic carbocycles. The van der Waals surface area contributed by atoms with Gasteiger partial charge in [0.2, 0.25) is 0 Å². The Kier molecular flexibility index (Phi) is 7.21. The lowest BCUT2D eigenvalue weighted by Crippen LogP contribution is -2.14. The quantitative estimate of drug-likeness (QED) is 0.568. The van der Waals surface area contributed by atoms with Crippen LogP contribution in [0, 0.1) is 6.92 Å². The fourth-order valence-electron chi connectivity index (χ4n) is 2.52. The second kappa shape index (κ2) is 8.92. The van der Waals surface area contributed by atoms with E-state index in [1.54, 1.807) is 0 Å². The molecular weight excluding hydrogens is 278 g/mol. The van der Waals surface area contributed by atoms with Crippen molar-refractivity contribution < 1.29 is 4.74 Å². The predicted octanol–water partition coefficient (Wildman–Crippen LogP) is 5.18. The van der Waals surface area contributed by atoms with Crippen molar-refractivity contribution in [2.75, 3.05) is 0 Å². The van der Waals surface area contributed by atoms with Crippen molar-refractivity contribution in [3.63, 3.8) is 0 Å². The SMILES string of the molecule is CCCCCCC(C)OCc1cc(CNC2CC2)sc1C. The molecule has 1 heterocycles. The minimum atomic E-state index is 0.384. The summed E-state index contributed by atoms with van der Waals surface area (Å²) >= 11 is 1.92. The van der Waals surface area contributed by atoms with Crippen LogP contribution in [-0.2, 0) is 17.9 Å². The summed E-state index contributed by atoms with van der Waals surface area (Å²) in [4.78, 5) is 2.87. The number of thiophene rings is 1. The molecule has 1 aliphatic carbocycles. The van der Waals surface area contributed by atoms with Crippen molar-refractivity contribution in [2.24, 2.45) is 0 Å². The molecule has 0 spiro atoms. The first-order valence-electron chi connectivity index (χ1n) is 8.62. The number of hydrogen-bond acceptors (Lipinski definition) is 3. The third-order valence-corrected chi connectivity index (χ3v) is 5.29. The topological polar surface area (TPSA) is 21.3 Å². The van der Waals surface area contributed by atoms with Crippen LogP contribution >= 0.6 is 11.3 Å². The van der Waals surface area contributed by atoms with Gasteiger partial charge in [-0.1, -0.05) is 32.6 Å². The summed E-state index contributed by atoms with van der Waals surface area (Å²) in [5, 5.41) is 3.59. The van der Waals surface area contributed by atoms with E-state index in [1.807, 2.05) is 11.3 Å². The summed E-state index contributed by atoms with van der Waals surface area (Å²) in [7, 11) is 0. The minimum absolute atomic E-state index is 0.384. The summed E-state index contributed by atoms with van der Waals surface area (Å²) in [6.07, 6.45) is 9.60. The maximum Gasteiger partial charge on any atom is 0.0731 e. The van der Waals surface area contributed by atoms with E-state index in [2.05, 4.69) is 32.2 Å². The van der Waals surface area contributed by atoms with Gasteiger partial charge < -0.3 is 10.1 Å². The van der Waals surface area contributed by atoms with Gasteiger partial charge in [-0.2, -0.15) is 0 Å². The van der Waals surface area contributed by atoms with Crippen molar-refractivity contribution in [2.45, 2.75) is 91.0 Å². The van der Waals surface area contributed by atoms with Gasteiger partial charge in [0, 0.05) is 22.3 Å². The Morgan fingerprint density at radius 2 is 2.14 bits per heavy atom. The zero-order valence-corrected chi connectivity index (χ0v) is 14.7. The van der Waals surface area contributed by atoms with Crippen LogP contribution in [0.3, 0.4) is 0 Å². The smallest absolute Gasteiger partial charge is 0.0731 e. The highest BCUT2D eigenvalue weighted by Gasteiger charge is 2.20. The molecule has 2 nitrogen and oxygen atoms in total. The summed E-state index contributed by atoms with van der Waals surface area (Å²) in [6.45, 7) is 8.50. The van der Waals surface area contributed by atoms with Crippen LogP contribution in [0.4, 0.5) is 0 Å². The van der Waals surface area contributed by atoms with E-state index >= 15 is 0 Å². The van der Waals surface area contributed by atoms with Crippen LogP contribution in [0.25, 0.3) is 0 Å². The van der Waals surface area contributed by atoms with Crippen molar-refractivity contribution >= 4 is 11.3 Å². The van der Waals surface area contributed by atoms with Gasteiger partial charge in [-0.3, -0.25) is 0 Å². The Bertz CT molecular complexity index is 411. The highest BCUT2D eigenvalue weighted by atomic mass is 32.1. The standard InChI is InChI=1S/C18H31NOS/c1-4-5-6-7-8-14(2)20-13-16-11-18(21-15(16)3)12-19-17-9-10-17/h11,14,17,19H,4-10,12-13H2,1-3H3. The van der Waals surface area contributed by atoms with E-state index in [0.29, 0.717) is 6.10 Å². The summed E-state index contributed by atoms with van der Waals surface area (Å²) < 4.78 is 6.03. The number of unbranched alkanes of at least 4 members (excludes halogenated alkanes) is 3. The molecule has 1 saturated carbocycles. The van der Waals surface area contributed by atoms with E-state index in [0.717, 1.165) is 19.2 Å². The van der Waals surface area contributed by atoms with Gasteiger partial charge in [0.1, 0.15) is 0 Å². The molecule has 1 N–H and O–H groups in total. The van der Waals surface area contributed by atoms with Gasteiger partial charge in [-0.15, -0.1) is 11.3 Å². The fourth-order valence-corrected chi connectivity index (χ4v) is 3.52.